The zero-order valence-electron chi connectivity index (χ0n) is 8.73. The van der Waals surface area contributed by atoms with Crippen LogP contribution in [0.4, 0.5) is 0 Å². The minimum Gasteiger partial charge on any atom is -0.513 e. The summed E-state index contributed by atoms with van der Waals surface area (Å²) in [5.74, 6) is 0.609. The standard InChI is InChI=1S/C9H15BO3Si/c1-14(2,3)13-10(11)12-9-7-5-4-6-8-9/h4-8,11H,1-3H3. The fraction of sp³-hybridized carbons (Fsp3) is 0.333. The van der Waals surface area contributed by atoms with E-state index in [0.717, 1.165) is 0 Å². The molecule has 1 aromatic rings. The first-order valence-corrected chi connectivity index (χ1v) is 7.96. The van der Waals surface area contributed by atoms with Crippen LogP contribution in [0.25, 0.3) is 0 Å². The molecule has 0 radical (unpaired) electrons. The van der Waals surface area contributed by atoms with Gasteiger partial charge in [-0.25, -0.2) is 0 Å². The number of hydrogen-bond acceptors (Lipinski definition) is 3. The highest BCUT2D eigenvalue weighted by atomic mass is 28.4. The summed E-state index contributed by atoms with van der Waals surface area (Å²) in [6.45, 7) is 5.97. The summed E-state index contributed by atoms with van der Waals surface area (Å²) >= 11 is 0. The maximum Gasteiger partial charge on any atom is 0.699 e. The fourth-order valence-electron chi connectivity index (χ4n) is 0.942. The lowest BCUT2D eigenvalue weighted by Gasteiger charge is -2.19. The van der Waals surface area contributed by atoms with Gasteiger partial charge in [0.2, 0.25) is 0 Å². The summed E-state index contributed by atoms with van der Waals surface area (Å²) < 4.78 is 10.5. The zero-order valence-corrected chi connectivity index (χ0v) is 9.73. The SMILES string of the molecule is C[Si](C)(C)OB(O)Oc1ccccc1. The molecule has 1 N–H and O–H groups in total. The Hall–Kier alpha value is -0.778. The number of benzene rings is 1. The molecule has 0 aromatic heterocycles. The van der Waals surface area contributed by atoms with Crippen molar-refractivity contribution in [2.75, 3.05) is 0 Å². The molecule has 1 rings (SSSR count). The smallest absolute Gasteiger partial charge is 0.513 e. The first-order valence-electron chi connectivity index (χ1n) is 4.55. The molecule has 0 unspecified atom stereocenters. The van der Waals surface area contributed by atoms with E-state index in [0.29, 0.717) is 5.75 Å². The highest BCUT2D eigenvalue weighted by Gasteiger charge is 2.27. The third-order valence-corrected chi connectivity index (χ3v) is 2.34. The number of rotatable bonds is 4. The van der Waals surface area contributed by atoms with E-state index in [1.54, 1.807) is 12.1 Å². The van der Waals surface area contributed by atoms with E-state index < -0.39 is 15.6 Å². The molecule has 0 saturated heterocycles. The number of hydrogen-bond donors (Lipinski definition) is 1. The lowest BCUT2D eigenvalue weighted by atomic mass is 10.2. The summed E-state index contributed by atoms with van der Waals surface area (Å²) in [6, 6.07) is 9.12. The van der Waals surface area contributed by atoms with E-state index in [1.807, 2.05) is 37.8 Å². The van der Waals surface area contributed by atoms with E-state index in [1.165, 1.54) is 0 Å². The molecule has 14 heavy (non-hydrogen) atoms. The molecule has 0 amide bonds. The second kappa shape index (κ2) is 4.64. The van der Waals surface area contributed by atoms with Gasteiger partial charge < -0.3 is 14.0 Å². The Balaban J connectivity index is 2.46. The molecule has 0 atom stereocenters. The molecule has 3 nitrogen and oxygen atoms in total. The average Bonchev–Trinajstić information content (AvgIpc) is 2.02. The van der Waals surface area contributed by atoms with Crippen LogP contribution >= 0.6 is 0 Å². The Kier molecular flexibility index (Phi) is 3.74. The van der Waals surface area contributed by atoms with Gasteiger partial charge in [0.05, 0.1) is 0 Å². The molecule has 0 aliphatic heterocycles. The molecular weight excluding hydrogens is 195 g/mol. The third kappa shape index (κ3) is 4.46. The van der Waals surface area contributed by atoms with Crippen LogP contribution in [-0.2, 0) is 4.34 Å². The van der Waals surface area contributed by atoms with E-state index in [9.17, 15) is 5.02 Å². The average molecular weight is 210 g/mol. The summed E-state index contributed by atoms with van der Waals surface area (Å²) in [5.41, 5.74) is 0. The van der Waals surface area contributed by atoms with Gasteiger partial charge in [-0.2, -0.15) is 0 Å². The maximum absolute atomic E-state index is 9.43. The van der Waals surface area contributed by atoms with Crippen LogP contribution in [0, 0.1) is 0 Å². The van der Waals surface area contributed by atoms with Gasteiger partial charge in [0.1, 0.15) is 5.75 Å². The van der Waals surface area contributed by atoms with Gasteiger partial charge in [0.25, 0.3) is 0 Å². The zero-order chi connectivity index (χ0) is 10.6. The van der Waals surface area contributed by atoms with E-state index in [4.69, 9.17) is 9.00 Å². The van der Waals surface area contributed by atoms with Crippen molar-refractivity contribution in [3.8, 4) is 5.75 Å². The van der Waals surface area contributed by atoms with E-state index >= 15 is 0 Å². The Morgan fingerprint density at radius 2 is 1.71 bits per heavy atom. The maximum atomic E-state index is 9.43. The first-order chi connectivity index (χ1) is 6.47. The molecule has 5 heteroatoms. The highest BCUT2D eigenvalue weighted by Crippen LogP contribution is 2.11. The van der Waals surface area contributed by atoms with Crippen LogP contribution in [0.3, 0.4) is 0 Å². The monoisotopic (exact) mass is 210 g/mol. The number of para-hydroxylation sites is 1. The summed E-state index contributed by atoms with van der Waals surface area (Å²) in [6.07, 6.45) is 0. The van der Waals surface area contributed by atoms with Crippen LogP contribution in [0.1, 0.15) is 0 Å². The minimum absolute atomic E-state index is 0.609. The molecule has 0 fully saturated rings. The Bertz CT molecular complexity index is 273. The third-order valence-electron chi connectivity index (χ3n) is 1.43. The van der Waals surface area contributed by atoms with Gasteiger partial charge in [-0.15, -0.1) is 0 Å². The van der Waals surface area contributed by atoms with Crippen molar-refractivity contribution < 1.29 is 14.0 Å². The van der Waals surface area contributed by atoms with E-state index in [2.05, 4.69) is 0 Å². The highest BCUT2D eigenvalue weighted by molar-refractivity contribution is 6.74. The Morgan fingerprint density at radius 1 is 1.14 bits per heavy atom. The van der Waals surface area contributed by atoms with Gasteiger partial charge in [-0.05, 0) is 31.8 Å². The molecule has 0 saturated carbocycles. The van der Waals surface area contributed by atoms with Gasteiger partial charge in [0, 0.05) is 0 Å². The fourth-order valence-corrected chi connectivity index (χ4v) is 1.59. The molecule has 1 aromatic carbocycles. The molecule has 0 bridgehead atoms. The summed E-state index contributed by atoms with van der Waals surface area (Å²) in [4.78, 5) is 0. The van der Waals surface area contributed by atoms with Crippen LogP contribution in [0.2, 0.25) is 19.6 Å². The Labute approximate surface area is 86.0 Å². The second-order valence-corrected chi connectivity index (χ2v) is 8.43. The molecule has 0 spiro atoms. The van der Waals surface area contributed by atoms with E-state index in [-0.39, 0.29) is 0 Å². The molecule has 0 aliphatic carbocycles. The van der Waals surface area contributed by atoms with Crippen LogP contribution in [0.15, 0.2) is 30.3 Å². The largest absolute Gasteiger partial charge is 0.699 e. The van der Waals surface area contributed by atoms with Crippen molar-refractivity contribution in [1.82, 2.24) is 0 Å². The summed E-state index contributed by atoms with van der Waals surface area (Å²) in [7, 11) is -2.91. The predicted molar refractivity (Wildman–Crippen MR) is 59.5 cm³/mol. The van der Waals surface area contributed by atoms with Crippen LogP contribution < -0.4 is 4.65 Å². The first kappa shape index (κ1) is 11.3. The van der Waals surface area contributed by atoms with Gasteiger partial charge in [-0.3, -0.25) is 0 Å². The van der Waals surface area contributed by atoms with Crippen molar-refractivity contribution in [1.29, 1.82) is 0 Å². The van der Waals surface area contributed by atoms with Gasteiger partial charge >= 0.3 is 7.32 Å². The minimum atomic E-state index is -1.75. The van der Waals surface area contributed by atoms with Crippen molar-refractivity contribution in [2.45, 2.75) is 19.6 Å². The van der Waals surface area contributed by atoms with Gasteiger partial charge in [-0.1, -0.05) is 18.2 Å². The molecule has 0 heterocycles. The quantitative estimate of drug-likeness (QED) is 0.771. The van der Waals surface area contributed by atoms with Crippen molar-refractivity contribution in [2.24, 2.45) is 0 Å². The van der Waals surface area contributed by atoms with Crippen molar-refractivity contribution in [3.63, 3.8) is 0 Å². The Morgan fingerprint density at radius 3 is 2.21 bits per heavy atom. The summed E-state index contributed by atoms with van der Waals surface area (Å²) in [5, 5.41) is 9.43. The predicted octanol–water partition coefficient (Wildman–Crippen LogP) is 1.89. The topological polar surface area (TPSA) is 38.7 Å². The normalized spacial score (nSPS) is 11.1. The lowest BCUT2D eigenvalue weighted by molar-refractivity contribution is 0.295. The van der Waals surface area contributed by atoms with Crippen molar-refractivity contribution in [3.05, 3.63) is 30.3 Å². The molecular formula is C9H15BO3Si. The van der Waals surface area contributed by atoms with Crippen molar-refractivity contribution >= 4 is 15.6 Å². The molecule has 76 valence electrons. The van der Waals surface area contributed by atoms with Gasteiger partial charge in [0.15, 0.2) is 8.32 Å². The van der Waals surface area contributed by atoms with Crippen LogP contribution in [-0.4, -0.2) is 20.7 Å². The second-order valence-electron chi connectivity index (χ2n) is 3.97. The van der Waals surface area contributed by atoms with Crippen LogP contribution in [0.5, 0.6) is 5.75 Å². The lowest BCUT2D eigenvalue weighted by Crippen LogP contribution is -2.38. The molecule has 0 aliphatic rings.